The highest BCUT2D eigenvalue weighted by Crippen LogP contribution is 2.18. The third kappa shape index (κ3) is 2.05. The molecule has 0 radical (unpaired) electrons. The smallest absolute Gasteiger partial charge is 0.188 e. The van der Waals surface area contributed by atoms with Crippen molar-refractivity contribution >= 4 is 22.3 Å². The third-order valence-corrected chi connectivity index (χ3v) is 2.46. The standard InChI is InChI=1S/C9H8FN3S/c1-6-5-14-9(12-6)13-8-3-2-7(10)4-11-8/h2-5H,1H3,(H,11,12,13). The minimum Gasteiger partial charge on any atom is -0.316 e. The maximum Gasteiger partial charge on any atom is 0.188 e. The van der Waals surface area contributed by atoms with Crippen LogP contribution in [0.2, 0.25) is 0 Å². The van der Waals surface area contributed by atoms with E-state index in [1.807, 2.05) is 12.3 Å². The SMILES string of the molecule is Cc1csc(Nc2ccc(F)cn2)n1. The topological polar surface area (TPSA) is 37.8 Å². The summed E-state index contributed by atoms with van der Waals surface area (Å²) >= 11 is 1.49. The lowest BCUT2D eigenvalue weighted by atomic mass is 10.4. The molecule has 0 aliphatic heterocycles. The second-order valence-electron chi connectivity index (χ2n) is 2.78. The summed E-state index contributed by atoms with van der Waals surface area (Å²) in [7, 11) is 0. The van der Waals surface area contributed by atoms with Crippen LogP contribution in [0.15, 0.2) is 23.7 Å². The van der Waals surface area contributed by atoms with E-state index < -0.39 is 0 Å². The first-order chi connectivity index (χ1) is 6.74. The average molecular weight is 209 g/mol. The van der Waals surface area contributed by atoms with Crippen LogP contribution in [0.3, 0.4) is 0 Å². The molecule has 72 valence electrons. The zero-order valence-electron chi connectivity index (χ0n) is 7.49. The zero-order chi connectivity index (χ0) is 9.97. The molecule has 0 amide bonds. The molecule has 14 heavy (non-hydrogen) atoms. The molecule has 2 rings (SSSR count). The Hall–Kier alpha value is -1.49. The Balaban J connectivity index is 2.15. The van der Waals surface area contributed by atoms with E-state index in [0.29, 0.717) is 5.82 Å². The van der Waals surface area contributed by atoms with Crippen molar-refractivity contribution < 1.29 is 4.39 Å². The first kappa shape index (κ1) is 9.08. The lowest BCUT2D eigenvalue weighted by Gasteiger charge is -1.99. The predicted molar refractivity (Wildman–Crippen MR) is 54.3 cm³/mol. The summed E-state index contributed by atoms with van der Waals surface area (Å²) in [4.78, 5) is 8.07. The van der Waals surface area contributed by atoms with E-state index in [2.05, 4.69) is 15.3 Å². The molecule has 0 aromatic carbocycles. The number of rotatable bonds is 2. The summed E-state index contributed by atoms with van der Waals surface area (Å²) < 4.78 is 12.5. The highest BCUT2D eigenvalue weighted by molar-refractivity contribution is 7.13. The number of aryl methyl sites for hydroxylation is 1. The molecule has 0 fully saturated rings. The van der Waals surface area contributed by atoms with Crippen LogP contribution < -0.4 is 5.32 Å². The third-order valence-electron chi connectivity index (χ3n) is 1.58. The van der Waals surface area contributed by atoms with Gasteiger partial charge in [0.15, 0.2) is 5.13 Å². The number of thiazole rings is 1. The monoisotopic (exact) mass is 209 g/mol. The maximum absolute atomic E-state index is 12.5. The number of halogens is 1. The van der Waals surface area contributed by atoms with Gasteiger partial charge in [0, 0.05) is 5.38 Å². The van der Waals surface area contributed by atoms with Crippen LogP contribution in [-0.4, -0.2) is 9.97 Å². The van der Waals surface area contributed by atoms with E-state index in [9.17, 15) is 4.39 Å². The van der Waals surface area contributed by atoms with Crippen molar-refractivity contribution in [3.63, 3.8) is 0 Å². The molecular weight excluding hydrogens is 201 g/mol. The van der Waals surface area contributed by atoms with Crippen LogP contribution >= 0.6 is 11.3 Å². The van der Waals surface area contributed by atoms with Crippen LogP contribution in [0.25, 0.3) is 0 Å². The Labute approximate surface area is 84.6 Å². The molecule has 0 aliphatic carbocycles. The van der Waals surface area contributed by atoms with E-state index in [-0.39, 0.29) is 5.82 Å². The Morgan fingerprint density at radius 3 is 2.86 bits per heavy atom. The first-order valence-corrected chi connectivity index (χ1v) is 4.93. The Bertz CT molecular complexity index is 424. The van der Waals surface area contributed by atoms with Crippen molar-refractivity contribution in [2.24, 2.45) is 0 Å². The largest absolute Gasteiger partial charge is 0.316 e. The van der Waals surface area contributed by atoms with Crippen molar-refractivity contribution in [1.29, 1.82) is 0 Å². The molecule has 2 aromatic rings. The van der Waals surface area contributed by atoms with E-state index in [1.54, 1.807) is 6.07 Å². The second kappa shape index (κ2) is 3.71. The molecule has 2 aromatic heterocycles. The first-order valence-electron chi connectivity index (χ1n) is 4.05. The van der Waals surface area contributed by atoms with E-state index >= 15 is 0 Å². The predicted octanol–water partition coefficient (Wildman–Crippen LogP) is 2.73. The van der Waals surface area contributed by atoms with Gasteiger partial charge in [-0.3, -0.25) is 0 Å². The lowest BCUT2D eigenvalue weighted by Crippen LogP contribution is -1.92. The molecule has 0 saturated carbocycles. The lowest BCUT2D eigenvalue weighted by molar-refractivity contribution is 0.622. The van der Waals surface area contributed by atoms with Crippen LogP contribution in [-0.2, 0) is 0 Å². The van der Waals surface area contributed by atoms with Gasteiger partial charge in [0.05, 0.1) is 11.9 Å². The molecule has 1 N–H and O–H groups in total. The highest BCUT2D eigenvalue weighted by Gasteiger charge is 1.99. The quantitative estimate of drug-likeness (QED) is 0.826. The Morgan fingerprint density at radius 2 is 2.29 bits per heavy atom. The number of anilines is 2. The number of nitrogens with zero attached hydrogens (tertiary/aromatic N) is 2. The fourth-order valence-electron chi connectivity index (χ4n) is 0.971. The summed E-state index contributed by atoms with van der Waals surface area (Å²) in [5, 5.41) is 5.68. The van der Waals surface area contributed by atoms with Gasteiger partial charge >= 0.3 is 0 Å². The zero-order valence-corrected chi connectivity index (χ0v) is 8.31. The summed E-state index contributed by atoms with van der Waals surface area (Å²) in [6.45, 7) is 1.92. The van der Waals surface area contributed by atoms with Gasteiger partial charge in [-0.25, -0.2) is 14.4 Å². The number of nitrogens with one attached hydrogen (secondary N) is 1. The fraction of sp³-hybridized carbons (Fsp3) is 0.111. The molecule has 0 bridgehead atoms. The fourth-order valence-corrected chi connectivity index (χ4v) is 1.67. The molecule has 2 heterocycles. The summed E-state index contributed by atoms with van der Waals surface area (Å²) in [5.74, 6) is 0.256. The van der Waals surface area contributed by atoms with Crippen molar-refractivity contribution in [2.75, 3.05) is 5.32 Å². The normalized spacial score (nSPS) is 10.1. The van der Waals surface area contributed by atoms with Crippen molar-refractivity contribution in [2.45, 2.75) is 6.92 Å². The van der Waals surface area contributed by atoms with Gasteiger partial charge in [-0.05, 0) is 19.1 Å². The molecule has 5 heteroatoms. The minimum absolute atomic E-state index is 0.342. The molecule has 0 atom stereocenters. The number of aromatic nitrogens is 2. The van der Waals surface area contributed by atoms with Crippen molar-refractivity contribution in [3.8, 4) is 0 Å². The average Bonchev–Trinajstić information content (AvgIpc) is 2.56. The van der Waals surface area contributed by atoms with Gasteiger partial charge in [-0.2, -0.15) is 0 Å². The Morgan fingerprint density at radius 1 is 1.43 bits per heavy atom. The number of pyridine rings is 1. The van der Waals surface area contributed by atoms with Crippen molar-refractivity contribution in [3.05, 3.63) is 35.2 Å². The van der Waals surface area contributed by atoms with Gasteiger partial charge in [-0.1, -0.05) is 0 Å². The highest BCUT2D eigenvalue weighted by atomic mass is 32.1. The van der Waals surface area contributed by atoms with E-state index in [1.165, 1.54) is 23.6 Å². The van der Waals surface area contributed by atoms with Gasteiger partial charge in [0.1, 0.15) is 11.6 Å². The van der Waals surface area contributed by atoms with Crippen LogP contribution in [0.5, 0.6) is 0 Å². The van der Waals surface area contributed by atoms with E-state index in [0.717, 1.165) is 10.8 Å². The molecule has 0 spiro atoms. The van der Waals surface area contributed by atoms with Crippen molar-refractivity contribution in [1.82, 2.24) is 9.97 Å². The molecule has 0 saturated heterocycles. The summed E-state index contributed by atoms with van der Waals surface area (Å²) in [6.07, 6.45) is 1.17. The molecular formula is C9H8FN3S. The molecule has 0 unspecified atom stereocenters. The van der Waals surface area contributed by atoms with Crippen LogP contribution in [0.1, 0.15) is 5.69 Å². The Kier molecular flexibility index (Phi) is 2.41. The molecule has 3 nitrogen and oxygen atoms in total. The van der Waals surface area contributed by atoms with Gasteiger partial charge in [-0.15, -0.1) is 11.3 Å². The van der Waals surface area contributed by atoms with Crippen LogP contribution in [0, 0.1) is 12.7 Å². The summed E-state index contributed by atoms with van der Waals surface area (Å²) in [6, 6.07) is 2.93. The van der Waals surface area contributed by atoms with Gasteiger partial charge in [0.2, 0.25) is 0 Å². The summed E-state index contributed by atoms with van der Waals surface area (Å²) in [5.41, 5.74) is 0.958. The maximum atomic E-state index is 12.5. The second-order valence-corrected chi connectivity index (χ2v) is 3.64. The molecule has 0 aliphatic rings. The number of hydrogen-bond acceptors (Lipinski definition) is 4. The van der Waals surface area contributed by atoms with Gasteiger partial charge < -0.3 is 5.32 Å². The van der Waals surface area contributed by atoms with E-state index in [4.69, 9.17) is 0 Å². The van der Waals surface area contributed by atoms with Gasteiger partial charge in [0.25, 0.3) is 0 Å². The van der Waals surface area contributed by atoms with Crippen LogP contribution in [0.4, 0.5) is 15.3 Å². The minimum atomic E-state index is -0.342. The number of hydrogen-bond donors (Lipinski definition) is 1.